The van der Waals surface area contributed by atoms with Crippen molar-refractivity contribution in [1.82, 2.24) is 0 Å². The summed E-state index contributed by atoms with van der Waals surface area (Å²) >= 11 is 0. The average Bonchev–Trinajstić information content (AvgIpc) is 3.15. The van der Waals surface area contributed by atoms with Crippen molar-refractivity contribution in [2.24, 2.45) is 0 Å². The maximum absolute atomic E-state index is 12.4. The molecule has 0 saturated heterocycles. The second-order valence-electron chi connectivity index (χ2n) is 12.7. The molecule has 308 valence electrons. The molecule has 2 atom stereocenters. The molecule has 0 saturated carbocycles. The smallest absolute Gasteiger partial charge is 0.462 e. The molecule has 0 amide bonds. The van der Waals surface area contributed by atoms with Crippen LogP contribution in [0.1, 0.15) is 123 Å². The first-order valence-electron chi connectivity index (χ1n) is 19.9. The van der Waals surface area contributed by atoms with Gasteiger partial charge in [0.2, 0.25) is 0 Å². The predicted molar refractivity (Wildman–Crippen MR) is 226 cm³/mol. The number of hydrogen-bond acceptors (Lipinski definition) is 7. The molecule has 0 spiro atoms. The van der Waals surface area contributed by atoms with Crippen LogP contribution in [0.4, 0.5) is 0 Å². The SMILES string of the molecule is CC/C=C\C/C=C\C/C=C\C/C=C\C/C=C\C/C=C\CCC(=O)OC[C@H](COP(=O)(O)O)OC(=O)CCC/C=C\C/C=C\C/C=C\C/C=C\[C@H](O)CCCC. The van der Waals surface area contributed by atoms with Gasteiger partial charge >= 0.3 is 19.8 Å². The molecule has 0 aliphatic heterocycles. The highest BCUT2D eigenvalue weighted by atomic mass is 31.2. The second kappa shape index (κ2) is 38.7. The molecule has 0 aliphatic carbocycles. The molecule has 0 rings (SSSR count). The number of phosphoric ester groups is 1. The summed E-state index contributed by atoms with van der Waals surface area (Å²) in [6, 6.07) is 0. The molecule has 0 aromatic heterocycles. The summed E-state index contributed by atoms with van der Waals surface area (Å²) in [5.74, 6) is -1.09. The molecule has 9 nitrogen and oxygen atoms in total. The lowest BCUT2D eigenvalue weighted by molar-refractivity contribution is -0.161. The fraction of sp³-hybridized carbons (Fsp3) is 0.511. The van der Waals surface area contributed by atoms with E-state index in [1.165, 1.54) is 0 Å². The normalized spacial score (nSPS) is 14.3. The van der Waals surface area contributed by atoms with E-state index in [0.717, 1.165) is 77.0 Å². The van der Waals surface area contributed by atoms with Crippen molar-refractivity contribution in [3.05, 3.63) is 122 Å². The van der Waals surface area contributed by atoms with Crippen LogP contribution in [-0.4, -0.2) is 52.3 Å². The molecule has 0 bridgehead atoms. The number of carbonyl (C=O) groups is 2. The number of phosphoric acid groups is 1. The number of allylic oxidation sites excluding steroid dienone is 19. The molecule has 0 aliphatic rings. The lowest BCUT2D eigenvalue weighted by Gasteiger charge is -2.18. The third-order valence-electron chi connectivity index (χ3n) is 7.55. The minimum atomic E-state index is -4.80. The Bertz CT molecular complexity index is 1310. The van der Waals surface area contributed by atoms with Crippen LogP contribution in [0.2, 0.25) is 0 Å². The monoisotopic (exact) mass is 784 g/mol. The van der Waals surface area contributed by atoms with Gasteiger partial charge in [-0.1, -0.05) is 148 Å². The van der Waals surface area contributed by atoms with Crippen molar-refractivity contribution in [2.45, 2.75) is 135 Å². The third kappa shape index (κ3) is 41.4. The van der Waals surface area contributed by atoms with Gasteiger partial charge in [0.05, 0.1) is 12.7 Å². The van der Waals surface area contributed by atoms with Crippen molar-refractivity contribution in [1.29, 1.82) is 0 Å². The number of carbonyl (C=O) groups excluding carboxylic acids is 2. The zero-order valence-corrected chi connectivity index (χ0v) is 34.3. The molecule has 3 N–H and O–H groups in total. The Kier molecular flexibility index (Phi) is 36.2. The zero-order chi connectivity index (χ0) is 40.5. The van der Waals surface area contributed by atoms with Crippen LogP contribution in [0.5, 0.6) is 0 Å². The molecule has 0 fully saturated rings. The molecular weight excluding hydrogens is 715 g/mol. The highest BCUT2D eigenvalue weighted by Crippen LogP contribution is 2.35. The Labute approximate surface area is 331 Å². The number of ether oxygens (including phenoxy) is 2. The van der Waals surface area contributed by atoms with Crippen LogP contribution < -0.4 is 0 Å². The van der Waals surface area contributed by atoms with Crippen molar-refractivity contribution >= 4 is 19.8 Å². The van der Waals surface area contributed by atoms with Crippen molar-refractivity contribution in [3.63, 3.8) is 0 Å². The van der Waals surface area contributed by atoms with Gasteiger partial charge in [-0.15, -0.1) is 0 Å². The number of rotatable bonds is 34. The van der Waals surface area contributed by atoms with Crippen molar-refractivity contribution in [3.8, 4) is 0 Å². The Morgan fingerprint density at radius 2 is 1.02 bits per heavy atom. The van der Waals surface area contributed by atoms with Crippen LogP contribution in [0.25, 0.3) is 0 Å². The highest BCUT2D eigenvalue weighted by molar-refractivity contribution is 7.46. The van der Waals surface area contributed by atoms with Crippen LogP contribution >= 0.6 is 7.82 Å². The minimum absolute atomic E-state index is 0.0953. The minimum Gasteiger partial charge on any atom is -0.462 e. The fourth-order valence-corrected chi connectivity index (χ4v) is 4.94. The number of aliphatic hydroxyl groups excluding tert-OH is 1. The molecule has 0 radical (unpaired) electrons. The van der Waals surface area contributed by atoms with E-state index >= 15 is 0 Å². The fourth-order valence-electron chi connectivity index (χ4n) is 4.58. The van der Waals surface area contributed by atoms with E-state index in [1.54, 1.807) is 0 Å². The second-order valence-corrected chi connectivity index (χ2v) is 13.9. The van der Waals surface area contributed by atoms with Gasteiger partial charge in [0.15, 0.2) is 6.10 Å². The molecule has 10 heteroatoms. The van der Waals surface area contributed by atoms with Gasteiger partial charge in [0, 0.05) is 12.8 Å². The van der Waals surface area contributed by atoms with E-state index < -0.39 is 32.5 Å². The molecule has 0 heterocycles. The average molecular weight is 785 g/mol. The van der Waals surface area contributed by atoms with E-state index in [1.807, 2.05) is 36.5 Å². The van der Waals surface area contributed by atoms with Crippen LogP contribution in [0, 0.1) is 0 Å². The van der Waals surface area contributed by atoms with Gasteiger partial charge in [0.1, 0.15) is 6.61 Å². The number of unbranched alkanes of at least 4 members (excludes halogenated alkanes) is 2. The summed E-state index contributed by atoms with van der Waals surface area (Å²) < 4.78 is 26.2. The van der Waals surface area contributed by atoms with E-state index in [2.05, 4.69) is 103 Å². The van der Waals surface area contributed by atoms with Gasteiger partial charge in [-0.2, -0.15) is 0 Å². The van der Waals surface area contributed by atoms with E-state index in [9.17, 15) is 19.3 Å². The van der Waals surface area contributed by atoms with Gasteiger partial charge in [-0.3, -0.25) is 14.1 Å². The quantitative estimate of drug-likeness (QED) is 0.0252. The zero-order valence-electron chi connectivity index (χ0n) is 33.4. The number of hydrogen-bond donors (Lipinski definition) is 3. The Hall–Kier alpha value is -3.59. The summed E-state index contributed by atoms with van der Waals surface area (Å²) in [4.78, 5) is 42.7. The first-order valence-corrected chi connectivity index (χ1v) is 21.5. The summed E-state index contributed by atoms with van der Waals surface area (Å²) in [6.07, 6.45) is 52.7. The molecular formula is C45H69O9P. The summed E-state index contributed by atoms with van der Waals surface area (Å²) in [5, 5.41) is 9.79. The Morgan fingerprint density at radius 3 is 1.49 bits per heavy atom. The highest BCUT2D eigenvalue weighted by Gasteiger charge is 2.22. The molecule has 55 heavy (non-hydrogen) atoms. The number of aliphatic hydroxyl groups is 1. The first-order chi connectivity index (χ1) is 26.7. The van der Waals surface area contributed by atoms with E-state index in [-0.39, 0.29) is 25.6 Å². The van der Waals surface area contributed by atoms with Crippen LogP contribution in [0.15, 0.2) is 122 Å². The molecule has 0 aromatic rings. The maximum Gasteiger partial charge on any atom is 0.469 e. The van der Waals surface area contributed by atoms with Crippen LogP contribution in [0.3, 0.4) is 0 Å². The summed E-state index contributed by atoms with van der Waals surface area (Å²) in [7, 11) is -4.80. The molecule has 0 aromatic carbocycles. The molecule has 0 unspecified atom stereocenters. The first kappa shape index (κ1) is 51.4. The Morgan fingerprint density at radius 1 is 0.564 bits per heavy atom. The van der Waals surface area contributed by atoms with Gasteiger partial charge in [-0.25, -0.2) is 4.57 Å². The van der Waals surface area contributed by atoms with Crippen molar-refractivity contribution < 1.29 is 43.0 Å². The van der Waals surface area contributed by atoms with E-state index in [4.69, 9.17) is 19.3 Å². The van der Waals surface area contributed by atoms with Crippen molar-refractivity contribution in [2.75, 3.05) is 13.2 Å². The number of esters is 2. The van der Waals surface area contributed by atoms with Gasteiger partial charge in [0.25, 0.3) is 0 Å². The van der Waals surface area contributed by atoms with Gasteiger partial charge in [-0.05, 0) is 83.5 Å². The van der Waals surface area contributed by atoms with Gasteiger partial charge < -0.3 is 24.4 Å². The standard InChI is InChI=1S/C45H69O9P/c1-3-5-7-8-9-10-11-12-13-14-15-16-17-18-22-25-28-31-34-38-44(47)52-40-43(41-53-55(49,50)51)54-45(48)39-35-32-29-26-23-20-19-21-24-27-30-33-37-42(46)36-6-4-2/h5,7,9-10,12-13,15-16,18-20,22,24,26-29,31,33,37,42-43,46H,3-4,6,8,11,14,17,21,23,25,30,32,34-36,38-41H2,1-2H3,(H2,49,50,51)/b7-5-,10-9-,13-12-,16-15-,20-19-,22-18-,27-24-,29-26-,31-28-,37-33-/t42-,43-/m1/s1. The topological polar surface area (TPSA) is 140 Å². The lowest BCUT2D eigenvalue weighted by Crippen LogP contribution is -2.29. The Balaban J connectivity index is 4.23. The largest absolute Gasteiger partial charge is 0.469 e. The predicted octanol–water partition coefficient (Wildman–Crippen LogP) is 11.1. The van der Waals surface area contributed by atoms with Crippen LogP contribution in [-0.2, 0) is 28.2 Å². The third-order valence-corrected chi connectivity index (χ3v) is 8.03. The lowest BCUT2D eigenvalue weighted by atomic mass is 10.1. The summed E-state index contributed by atoms with van der Waals surface area (Å²) in [6.45, 7) is 3.28. The van der Waals surface area contributed by atoms with E-state index in [0.29, 0.717) is 19.3 Å². The summed E-state index contributed by atoms with van der Waals surface area (Å²) in [5.41, 5.74) is 0. The maximum atomic E-state index is 12.4.